The molecule has 1 aromatic heterocycles. The van der Waals surface area contributed by atoms with E-state index in [-0.39, 0.29) is 5.91 Å². The Hall–Kier alpha value is -2.74. The standard InChI is InChI=1S/C21H27N5O3/c1-14(27)24-7-4-18-17(13-24)21(23-26(18)16-5-9-28-10-6-16)25-8-11-29-20-12-15(22)2-3-19(20)25/h2-3,12,16H,4-11,13,22H2,1H3. The van der Waals surface area contributed by atoms with Crippen LogP contribution in [0, 0.1) is 0 Å². The second kappa shape index (κ2) is 7.26. The summed E-state index contributed by atoms with van der Waals surface area (Å²) in [6.07, 6.45) is 2.78. The maximum Gasteiger partial charge on any atom is 0.219 e. The van der Waals surface area contributed by atoms with Gasteiger partial charge in [0.25, 0.3) is 0 Å². The Morgan fingerprint density at radius 2 is 2.03 bits per heavy atom. The van der Waals surface area contributed by atoms with E-state index in [9.17, 15) is 4.79 Å². The number of hydrogen-bond acceptors (Lipinski definition) is 6. The van der Waals surface area contributed by atoms with Crippen LogP contribution in [0.1, 0.15) is 37.1 Å². The lowest BCUT2D eigenvalue weighted by Gasteiger charge is -2.32. The first-order valence-corrected chi connectivity index (χ1v) is 10.3. The predicted molar refractivity (Wildman–Crippen MR) is 109 cm³/mol. The molecule has 0 bridgehead atoms. The molecular formula is C21H27N5O3. The van der Waals surface area contributed by atoms with Crippen LogP contribution in [-0.4, -0.2) is 53.5 Å². The third kappa shape index (κ3) is 3.21. The number of ether oxygens (including phenoxy) is 2. The van der Waals surface area contributed by atoms with Gasteiger partial charge in [0.1, 0.15) is 12.4 Å². The highest BCUT2D eigenvalue weighted by Gasteiger charge is 2.33. The molecule has 154 valence electrons. The molecular weight excluding hydrogens is 370 g/mol. The predicted octanol–water partition coefficient (Wildman–Crippen LogP) is 2.25. The first kappa shape index (κ1) is 18.3. The van der Waals surface area contributed by atoms with Gasteiger partial charge in [0.15, 0.2) is 5.82 Å². The van der Waals surface area contributed by atoms with E-state index in [1.807, 2.05) is 23.1 Å². The number of nitrogen functional groups attached to an aromatic ring is 1. The molecule has 0 radical (unpaired) electrons. The summed E-state index contributed by atoms with van der Waals surface area (Å²) in [5, 5.41) is 5.12. The van der Waals surface area contributed by atoms with Crippen molar-refractivity contribution >= 4 is 23.1 Å². The molecule has 3 aliphatic heterocycles. The first-order valence-electron chi connectivity index (χ1n) is 10.3. The molecule has 0 spiro atoms. The Bertz CT molecular complexity index is 935. The van der Waals surface area contributed by atoms with Gasteiger partial charge in [0, 0.05) is 56.1 Å². The molecule has 2 aromatic rings. The van der Waals surface area contributed by atoms with Crippen molar-refractivity contribution < 1.29 is 14.3 Å². The fourth-order valence-corrected chi connectivity index (χ4v) is 4.60. The van der Waals surface area contributed by atoms with E-state index in [0.717, 1.165) is 61.8 Å². The molecule has 0 unspecified atom stereocenters. The number of carbonyl (C=O) groups is 1. The van der Waals surface area contributed by atoms with Crippen LogP contribution in [0.4, 0.5) is 17.2 Å². The van der Waals surface area contributed by atoms with E-state index in [0.29, 0.717) is 31.4 Å². The fraction of sp³-hybridized carbons (Fsp3) is 0.524. The number of aromatic nitrogens is 2. The molecule has 1 saturated heterocycles. The SMILES string of the molecule is CC(=O)N1CCc2c(c(N3CCOc4cc(N)ccc43)nn2C2CCOCC2)C1. The average molecular weight is 397 g/mol. The molecule has 29 heavy (non-hydrogen) atoms. The Balaban J connectivity index is 1.60. The lowest BCUT2D eigenvalue weighted by atomic mass is 10.0. The highest BCUT2D eigenvalue weighted by atomic mass is 16.5. The van der Waals surface area contributed by atoms with E-state index in [1.165, 1.54) is 5.69 Å². The maximum atomic E-state index is 12.1. The summed E-state index contributed by atoms with van der Waals surface area (Å²) in [6, 6.07) is 6.10. The molecule has 5 rings (SSSR count). The number of rotatable bonds is 2. The smallest absolute Gasteiger partial charge is 0.219 e. The van der Waals surface area contributed by atoms with Gasteiger partial charge in [-0.2, -0.15) is 5.10 Å². The van der Waals surface area contributed by atoms with Gasteiger partial charge in [-0.15, -0.1) is 0 Å². The Labute approximate surface area is 170 Å². The van der Waals surface area contributed by atoms with Crippen LogP contribution in [0.5, 0.6) is 5.75 Å². The minimum absolute atomic E-state index is 0.107. The summed E-state index contributed by atoms with van der Waals surface area (Å²) in [6.45, 7) is 5.82. The number of anilines is 3. The quantitative estimate of drug-likeness (QED) is 0.783. The molecule has 0 saturated carbocycles. The summed E-state index contributed by atoms with van der Waals surface area (Å²) in [7, 11) is 0. The number of nitrogens with zero attached hydrogens (tertiary/aromatic N) is 4. The van der Waals surface area contributed by atoms with Gasteiger partial charge < -0.3 is 25.0 Å². The Morgan fingerprint density at radius 1 is 1.21 bits per heavy atom. The third-order valence-corrected chi connectivity index (χ3v) is 6.15. The topological polar surface area (TPSA) is 85.9 Å². The average Bonchev–Trinajstić information content (AvgIpc) is 3.12. The van der Waals surface area contributed by atoms with Crippen LogP contribution in [-0.2, 0) is 22.5 Å². The van der Waals surface area contributed by atoms with Gasteiger partial charge >= 0.3 is 0 Å². The zero-order chi connectivity index (χ0) is 20.0. The van der Waals surface area contributed by atoms with E-state index < -0.39 is 0 Å². The van der Waals surface area contributed by atoms with E-state index in [1.54, 1.807) is 6.92 Å². The number of carbonyl (C=O) groups excluding carboxylic acids is 1. The van der Waals surface area contributed by atoms with E-state index in [4.69, 9.17) is 20.3 Å². The molecule has 1 amide bonds. The normalized spacial score (nSPS) is 19.5. The summed E-state index contributed by atoms with van der Waals surface area (Å²) in [5.41, 5.74) is 10.0. The Morgan fingerprint density at radius 3 is 2.83 bits per heavy atom. The fourth-order valence-electron chi connectivity index (χ4n) is 4.60. The van der Waals surface area contributed by atoms with Crippen LogP contribution < -0.4 is 15.4 Å². The van der Waals surface area contributed by atoms with Gasteiger partial charge in [0.05, 0.1) is 24.8 Å². The van der Waals surface area contributed by atoms with Gasteiger partial charge in [-0.3, -0.25) is 9.48 Å². The number of amides is 1. The summed E-state index contributed by atoms with van der Waals surface area (Å²) >= 11 is 0. The summed E-state index contributed by atoms with van der Waals surface area (Å²) < 4.78 is 13.6. The van der Waals surface area contributed by atoms with Crippen LogP contribution >= 0.6 is 0 Å². The first-order chi connectivity index (χ1) is 14.1. The molecule has 1 aromatic carbocycles. The van der Waals surface area contributed by atoms with Crippen molar-refractivity contribution in [1.82, 2.24) is 14.7 Å². The highest BCUT2D eigenvalue weighted by molar-refractivity contribution is 5.76. The Kier molecular flexibility index (Phi) is 4.58. The summed E-state index contributed by atoms with van der Waals surface area (Å²) in [5.74, 6) is 1.83. The molecule has 8 heteroatoms. The molecule has 8 nitrogen and oxygen atoms in total. The van der Waals surface area contributed by atoms with Crippen molar-refractivity contribution in [2.45, 2.75) is 38.8 Å². The van der Waals surface area contributed by atoms with Crippen molar-refractivity contribution in [3.63, 3.8) is 0 Å². The van der Waals surface area contributed by atoms with Crippen molar-refractivity contribution in [2.75, 3.05) is 43.5 Å². The molecule has 0 atom stereocenters. The minimum atomic E-state index is 0.107. The van der Waals surface area contributed by atoms with Gasteiger partial charge in [-0.05, 0) is 25.0 Å². The maximum absolute atomic E-state index is 12.1. The number of fused-ring (bicyclic) bond motifs is 2. The number of hydrogen-bond donors (Lipinski definition) is 1. The second-order valence-corrected chi connectivity index (χ2v) is 7.95. The van der Waals surface area contributed by atoms with Crippen molar-refractivity contribution in [3.8, 4) is 5.75 Å². The van der Waals surface area contributed by atoms with Crippen LogP contribution in [0.15, 0.2) is 18.2 Å². The van der Waals surface area contributed by atoms with E-state index >= 15 is 0 Å². The van der Waals surface area contributed by atoms with Crippen molar-refractivity contribution in [1.29, 1.82) is 0 Å². The number of benzene rings is 1. The molecule has 0 aliphatic carbocycles. The lowest BCUT2D eigenvalue weighted by Crippen LogP contribution is -2.36. The van der Waals surface area contributed by atoms with Crippen LogP contribution in [0.3, 0.4) is 0 Å². The number of nitrogens with two attached hydrogens (primary N) is 1. The zero-order valence-corrected chi connectivity index (χ0v) is 16.8. The largest absolute Gasteiger partial charge is 0.489 e. The second-order valence-electron chi connectivity index (χ2n) is 7.95. The third-order valence-electron chi connectivity index (χ3n) is 6.15. The molecule has 1 fully saturated rings. The van der Waals surface area contributed by atoms with Crippen LogP contribution in [0.25, 0.3) is 0 Å². The summed E-state index contributed by atoms with van der Waals surface area (Å²) in [4.78, 5) is 16.2. The lowest BCUT2D eigenvalue weighted by molar-refractivity contribution is -0.129. The van der Waals surface area contributed by atoms with Crippen LogP contribution in [0.2, 0.25) is 0 Å². The molecule has 3 aliphatic rings. The van der Waals surface area contributed by atoms with Crippen molar-refractivity contribution in [2.24, 2.45) is 0 Å². The molecule has 4 heterocycles. The highest BCUT2D eigenvalue weighted by Crippen LogP contribution is 2.41. The minimum Gasteiger partial charge on any atom is -0.489 e. The van der Waals surface area contributed by atoms with Gasteiger partial charge in [-0.25, -0.2) is 0 Å². The van der Waals surface area contributed by atoms with Gasteiger partial charge in [0.2, 0.25) is 5.91 Å². The van der Waals surface area contributed by atoms with Crippen molar-refractivity contribution in [3.05, 3.63) is 29.5 Å². The van der Waals surface area contributed by atoms with E-state index in [2.05, 4.69) is 9.58 Å². The zero-order valence-electron chi connectivity index (χ0n) is 16.8. The monoisotopic (exact) mass is 397 g/mol. The van der Waals surface area contributed by atoms with Gasteiger partial charge in [-0.1, -0.05) is 0 Å². The molecule has 2 N–H and O–H groups in total.